The Labute approximate surface area is 154 Å². The maximum atomic E-state index is 10.9. The van der Waals surface area contributed by atoms with Crippen LogP contribution in [0.5, 0.6) is 5.75 Å². The van der Waals surface area contributed by atoms with Crippen LogP contribution in [-0.4, -0.2) is 38.8 Å². The lowest BCUT2D eigenvalue weighted by molar-refractivity contribution is 0.0697. The summed E-state index contributed by atoms with van der Waals surface area (Å²) >= 11 is 5.25. The molecule has 0 aliphatic rings. The van der Waals surface area contributed by atoms with Gasteiger partial charge in [-0.2, -0.15) is 14.9 Å². The average Bonchev–Trinajstić information content (AvgIpc) is 3.01. The van der Waals surface area contributed by atoms with Gasteiger partial charge in [-0.05, 0) is 49.0 Å². The van der Waals surface area contributed by atoms with E-state index in [1.54, 1.807) is 18.3 Å². The summed E-state index contributed by atoms with van der Waals surface area (Å²) < 4.78 is 7.37. The lowest BCUT2D eigenvalue weighted by atomic mass is 10.1. The molecular formula is C18H16N4O3S. The van der Waals surface area contributed by atoms with Crippen LogP contribution in [0.3, 0.4) is 0 Å². The van der Waals surface area contributed by atoms with E-state index >= 15 is 0 Å². The summed E-state index contributed by atoms with van der Waals surface area (Å²) in [6, 6.07) is 13.9. The molecule has 1 aromatic heterocycles. The summed E-state index contributed by atoms with van der Waals surface area (Å²) in [5.41, 5.74) is 1.77. The number of aromatic carboxylic acids is 1. The molecule has 1 heterocycles. The highest BCUT2D eigenvalue weighted by Crippen LogP contribution is 2.22. The number of carboxylic acid groups (broad SMARTS) is 1. The molecule has 0 fully saturated rings. The fraction of sp³-hybridized carbons (Fsp3) is 0.111. The van der Waals surface area contributed by atoms with Crippen molar-refractivity contribution in [3.63, 3.8) is 0 Å². The number of nitrogens with one attached hydrogen (secondary N) is 1. The van der Waals surface area contributed by atoms with Gasteiger partial charge in [-0.3, -0.25) is 0 Å². The van der Waals surface area contributed by atoms with Gasteiger partial charge in [0.05, 0.1) is 18.4 Å². The Morgan fingerprint density at radius 2 is 2.12 bits per heavy atom. The van der Waals surface area contributed by atoms with Gasteiger partial charge in [0, 0.05) is 5.56 Å². The molecule has 3 aromatic rings. The van der Waals surface area contributed by atoms with E-state index in [4.69, 9.17) is 22.1 Å². The summed E-state index contributed by atoms with van der Waals surface area (Å²) in [5.74, 6) is 0.315. The van der Waals surface area contributed by atoms with Gasteiger partial charge in [0.25, 0.3) is 0 Å². The third kappa shape index (κ3) is 3.86. The van der Waals surface area contributed by atoms with E-state index in [0.29, 0.717) is 17.2 Å². The molecule has 0 unspecified atom stereocenters. The molecule has 3 rings (SSSR count). The number of carbonyl (C=O) groups is 1. The predicted molar refractivity (Wildman–Crippen MR) is 100 cm³/mol. The smallest absolute Gasteiger partial charge is 0.335 e. The second kappa shape index (κ2) is 7.75. The standard InChI is InChI=1S/C18H16N4O3S/c1-2-25-15-5-3-4-14(10-15)16-20-21-18(26)22(16)19-11-12-6-8-13(9-7-12)17(23)24/h3-11H,2H2,1H3,(H,21,26)(H,23,24)/b19-11+. The van der Waals surface area contributed by atoms with Crippen LogP contribution in [0, 0.1) is 4.77 Å². The van der Waals surface area contributed by atoms with E-state index in [0.717, 1.165) is 16.9 Å². The van der Waals surface area contributed by atoms with Crippen molar-refractivity contribution >= 4 is 24.4 Å². The molecule has 0 amide bonds. The van der Waals surface area contributed by atoms with Crippen molar-refractivity contribution in [3.8, 4) is 17.1 Å². The number of nitrogens with zero attached hydrogens (tertiary/aromatic N) is 3. The Hall–Kier alpha value is -3.26. The lowest BCUT2D eigenvalue weighted by Crippen LogP contribution is -1.98. The van der Waals surface area contributed by atoms with Gasteiger partial charge >= 0.3 is 5.97 Å². The van der Waals surface area contributed by atoms with Crippen molar-refractivity contribution in [1.82, 2.24) is 14.9 Å². The number of hydrogen-bond acceptors (Lipinski definition) is 5. The Morgan fingerprint density at radius 3 is 2.81 bits per heavy atom. The summed E-state index contributed by atoms with van der Waals surface area (Å²) in [7, 11) is 0. The Kier molecular flexibility index (Phi) is 5.23. The predicted octanol–water partition coefficient (Wildman–Crippen LogP) is 3.59. The van der Waals surface area contributed by atoms with E-state index in [9.17, 15) is 4.79 Å². The van der Waals surface area contributed by atoms with Crippen molar-refractivity contribution in [2.75, 3.05) is 6.61 Å². The highest BCUT2D eigenvalue weighted by molar-refractivity contribution is 7.71. The van der Waals surface area contributed by atoms with Crippen LogP contribution in [0.1, 0.15) is 22.8 Å². The van der Waals surface area contributed by atoms with Gasteiger partial charge in [0.15, 0.2) is 5.82 Å². The molecule has 2 N–H and O–H groups in total. The fourth-order valence-electron chi connectivity index (χ4n) is 2.31. The number of aromatic amines is 1. The van der Waals surface area contributed by atoms with E-state index in [1.165, 1.54) is 16.8 Å². The Bertz CT molecular complexity index is 1010. The minimum atomic E-state index is -0.970. The highest BCUT2D eigenvalue weighted by atomic mass is 32.1. The van der Waals surface area contributed by atoms with E-state index in [-0.39, 0.29) is 5.56 Å². The molecule has 0 radical (unpaired) electrons. The minimum Gasteiger partial charge on any atom is -0.494 e. The first-order valence-corrected chi connectivity index (χ1v) is 8.27. The van der Waals surface area contributed by atoms with Gasteiger partial charge in [-0.25, -0.2) is 9.89 Å². The molecule has 7 nitrogen and oxygen atoms in total. The fourth-order valence-corrected chi connectivity index (χ4v) is 2.49. The minimum absolute atomic E-state index is 0.218. The second-order valence-electron chi connectivity index (χ2n) is 5.30. The zero-order valence-electron chi connectivity index (χ0n) is 13.9. The molecule has 0 aliphatic heterocycles. The van der Waals surface area contributed by atoms with Gasteiger partial charge in [-0.1, -0.05) is 24.3 Å². The number of carboxylic acids is 1. The van der Waals surface area contributed by atoms with E-state index < -0.39 is 5.97 Å². The van der Waals surface area contributed by atoms with Crippen molar-refractivity contribution in [2.24, 2.45) is 5.10 Å². The number of H-pyrrole nitrogens is 1. The molecule has 0 saturated heterocycles. The topological polar surface area (TPSA) is 92.5 Å². The molecule has 8 heteroatoms. The number of benzene rings is 2. The third-order valence-corrected chi connectivity index (χ3v) is 3.80. The Morgan fingerprint density at radius 1 is 1.35 bits per heavy atom. The van der Waals surface area contributed by atoms with Crippen LogP contribution in [0.2, 0.25) is 0 Å². The van der Waals surface area contributed by atoms with Gasteiger partial charge < -0.3 is 9.84 Å². The molecule has 0 atom stereocenters. The zero-order valence-corrected chi connectivity index (χ0v) is 14.7. The number of hydrogen-bond donors (Lipinski definition) is 2. The van der Waals surface area contributed by atoms with Crippen LogP contribution >= 0.6 is 12.2 Å². The maximum Gasteiger partial charge on any atom is 0.335 e. The highest BCUT2D eigenvalue weighted by Gasteiger charge is 2.09. The largest absolute Gasteiger partial charge is 0.494 e. The average molecular weight is 368 g/mol. The molecule has 2 aromatic carbocycles. The normalized spacial score (nSPS) is 11.0. The summed E-state index contributed by atoms with van der Waals surface area (Å²) in [4.78, 5) is 10.9. The summed E-state index contributed by atoms with van der Waals surface area (Å²) in [6.07, 6.45) is 1.59. The van der Waals surface area contributed by atoms with Crippen molar-refractivity contribution < 1.29 is 14.6 Å². The van der Waals surface area contributed by atoms with E-state index in [2.05, 4.69) is 15.3 Å². The molecule has 26 heavy (non-hydrogen) atoms. The van der Waals surface area contributed by atoms with Crippen LogP contribution in [0.4, 0.5) is 0 Å². The molecule has 0 bridgehead atoms. The first kappa shape index (κ1) is 17.6. The molecule has 0 aliphatic carbocycles. The number of ether oxygens (including phenoxy) is 1. The summed E-state index contributed by atoms with van der Waals surface area (Å²) in [6.45, 7) is 2.49. The summed E-state index contributed by atoms with van der Waals surface area (Å²) in [5, 5.41) is 20.3. The van der Waals surface area contributed by atoms with Crippen LogP contribution in [0.15, 0.2) is 53.6 Å². The van der Waals surface area contributed by atoms with Crippen molar-refractivity contribution in [3.05, 3.63) is 64.4 Å². The number of aromatic nitrogens is 3. The lowest BCUT2D eigenvalue weighted by Gasteiger charge is -2.05. The quantitative estimate of drug-likeness (QED) is 0.512. The third-order valence-electron chi connectivity index (χ3n) is 3.53. The van der Waals surface area contributed by atoms with Crippen LogP contribution < -0.4 is 4.74 Å². The molecule has 0 spiro atoms. The first-order valence-electron chi connectivity index (χ1n) is 7.87. The maximum absolute atomic E-state index is 10.9. The molecule has 132 valence electrons. The molecule has 0 saturated carbocycles. The van der Waals surface area contributed by atoms with Crippen LogP contribution in [0.25, 0.3) is 11.4 Å². The number of rotatable bonds is 6. The molecular weight excluding hydrogens is 352 g/mol. The van der Waals surface area contributed by atoms with Crippen molar-refractivity contribution in [2.45, 2.75) is 6.92 Å². The van der Waals surface area contributed by atoms with Crippen LogP contribution in [-0.2, 0) is 0 Å². The Balaban J connectivity index is 1.92. The monoisotopic (exact) mass is 368 g/mol. The van der Waals surface area contributed by atoms with Gasteiger partial charge in [0.2, 0.25) is 4.77 Å². The first-order chi connectivity index (χ1) is 12.6. The second-order valence-corrected chi connectivity index (χ2v) is 5.68. The van der Waals surface area contributed by atoms with Gasteiger partial charge in [-0.15, -0.1) is 0 Å². The SMILES string of the molecule is CCOc1cccc(-c2n[nH]c(=S)n2/N=C/c2ccc(C(=O)O)cc2)c1. The van der Waals surface area contributed by atoms with Gasteiger partial charge in [0.1, 0.15) is 5.75 Å². The zero-order chi connectivity index (χ0) is 18.5. The van der Waals surface area contributed by atoms with Crippen molar-refractivity contribution in [1.29, 1.82) is 0 Å². The van der Waals surface area contributed by atoms with E-state index in [1.807, 2.05) is 31.2 Å².